The predicted octanol–water partition coefficient (Wildman–Crippen LogP) is 5.87. The van der Waals surface area contributed by atoms with Crippen molar-refractivity contribution in [1.29, 1.82) is 0 Å². The van der Waals surface area contributed by atoms with Crippen LogP contribution < -0.4 is 26.0 Å². The van der Waals surface area contributed by atoms with E-state index in [2.05, 4.69) is 67.8 Å². The number of carbonyl (C=O) groups excluding carboxylic acids is 10. The number of rotatable bonds is 46. The Balaban J connectivity index is 0.545. The fraction of sp³-hybridized carbons (Fsp3) is 0.506. The Bertz CT molecular complexity index is 4480. The summed E-state index contributed by atoms with van der Waals surface area (Å²) in [7, 11) is 1.54. The van der Waals surface area contributed by atoms with Crippen molar-refractivity contribution in [3.05, 3.63) is 140 Å². The Morgan fingerprint density at radius 1 is 0.728 bits per heavy atom. The fourth-order valence-corrected chi connectivity index (χ4v) is 16.0. The number of aromatic nitrogens is 6. The molecule has 2 bridgehead atoms. The average Bonchev–Trinajstić information content (AvgIpc) is 1.59. The highest BCUT2D eigenvalue weighted by molar-refractivity contribution is 7.15. The second kappa shape index (κ2) is 40.3. The zero-order chi connectivity index (χ0) is 80.2. The summed E-state index contributed by atoms with van der Waals surface area (Å²) in [6, 6.07) is 17.4. The minimum atomic E-state index is -1.12. The number of aryl methyl sites for hydroxylation is 2. The van der Waals surface area contributed by atoms with E-state index in [-0.39, 0.29) is 202 Å². The van der Waals surface area contributed by atoms with Gasteiger partial charge in [0, 0.05) is 85.0 Å². The van der Waals surface area contributed by atoms with Gasteiger partial charge >= 0.3 is 5.97 Å². The van der Waals surface area contributed by atoms with Gasteiger partial charge in [-0.05, 0) is 112 Å². The van der Waals surface area contributed by atoms with Crippen molar-refractivity contribution >= 4 is 99.2 Å². The van der Waals surface area contributed by atoms with Crippen LogP contribution >= 0.6 is 22.9 Å². The zero-order valence-corrected chi connectivity index (χ0v) is 65.7. The highest BCUT2D eigenvalue weighted by Crippen LogP contribution is 2.52. The summed E-state index contributed by atoms with van der Waals surface area (Å²) in [6.07, 6.45) is 8.07. The van der Waals surface area contributed by atoms with E-state index in [4.69, 9.17) is 59.2 Å². The maximum absolute atomic E-state index is 13.8. The van der Waals surface area contributed by atoms with Crippen LogP contribution in [0, 0.1) is 44.4 Å². The van der Waals surface area contributed by atoms with Crippen molar-refractivity contribution in [3.63, 3.8) is 0 Å². The molecule has 6 aromatic rings. The summed E-state index contributed by atoms with van der Waals surface area (Å²) in [5.74, 6) is -2.30. The van der Waals surface area contributed by atoms with Crippen molar-refractivity contribution in [3.8, 4) is 10.8 Å². The van der Waals surface area contributed by atoms with E-state index in [1.165, 1.54) is 11.0 Å². The first-order chi connectivity index (χ1) is 55.3. The maximum atomic E-state index is 13.8. The molecule has 12 rings (SSSR count). The molecule has 7 heterocycles. The third-order valence-corrected chi connectivity index (χ3v) is 22.0. The van der Waals surface area contributed by atoms with E-state index in [0.717, 1.165) is 43.6 Å². The molecule has 4 N–H and O–H groups in total. The SMILES string of the molecule is COCCNC(=O)CCN(Cc1cn(CCOCCOCCOCC(=O)OC[C@H](COCCNc2cccc3c2C(=O)N(C2CCC(=O)NC2=O)C3=O)OCCOCCOc2ccc(NC(=O)CC3N=C(c4ccc(Cl)cc4)c4c(sc(C)c4C)-n4c(C)nnc43)cc2)nn1)C(=O)CCCCCN1C(=O)[C@@H]2[C@H](C1=O)[C@H]1C=C[C@@H]2C1. The summed E-state index contributed by atoms with van der Waals surface area (Å²) in [5.41, 5.74) is 5.32. The molecule has 1 saturated carbocycles. The second-order valence-electron chi connectivity index (χ2n) is 28.3. The molecule has 7 atom stereocenters. The van der Waals surface area contributed by atoms with Crippen LogP contribution in [0.5, 0.6) is 5.75 Å². The van der Waals surface area contributed by atoms with Crippen molar-refractivity contribution in [2.45, 2.75) is 110 Å². The summed E-state index contributed by atoms with van der Waals surface area (Å²) in [5, 5.41) is 30.1. The molecule has 33 nitrogen and oxygen atoms in total. The minimum absolute atomic E-state index is 0.00670. The number of anilines is 2. The van der Waals surface area contributed by atoms with Crippen LogP contribution in [-0.2, 0) is 89.3 Å². The molecule has 35 heteroatoms. The number of hydrogen-bond donors (Lipinski definition) is 4. The monoisotopic (exact) mass is 1610 g/mol. The molecule has 608 valence electrons. The van der Waals surface area contributed by atoms with E-state index >= 15 is 0 Å². The highest BCUT2D eigenvalue weighted by Gasteiger charge is 2.59. The number of aliphatic imine (C=N–C) groups is 1. The first-order valence-electron chi connectivity index (χ1n) is 38.4. The number of nitrogens with one attached hydrogen (secondary N) is 4. The lowest BCUT2D eigenvalue weighted by Gasteiger charge is -2.27. The quantitative estimate of drug-likeness (QED) is 0.0150. The maximum Gasteiger partial charge on any atom is 0.332 e. The number of carbonyl (C=O) groups is 10. The smallest absolute Gasteiger partial charge is 0.332 e. The van der Waals surface area contributed by atoms with Gasteiger partial charge in [0.2, 0.25) is 41.4 Å². The Kier molecular flexibility index (Phi) is 29.5. The third-order valence-electron chi connectivity index (χ3n) is 20.5. The summed E-state index contributed by atoms with van der Waals surface area (Å²) in [4.78, 5) is 141. The van der Waals surface area contributed by atoms with Gasteiger partial charge in [-0.25, -0.2) is 9.48 Å². The van der Waals surface area contributed by atoms with Crippen LogP contribution in [0.3, 0.4) is 0 Å². The van der Waals surface area contributed by atoms with Gasteiger partial charge in [0.25, 0.3) is 11.8 Å². The number of nitrogens with zero attached hydrogens (tertiary/aromatic N) is 10. The molecule has 0 spiro atoms. The topological polar surface area (TPSA) is 385 Å². The van der Waals surface area contributed by atoms with Crippen LogP contribution in [0.25, 0.3) is 5.00 Å². The van der Waals surface area contributed by atoms with Gasteiger partial charge in [-0.2, -0.15) is 0 Å². The molecule has 4 aliphatic heterocycles. The third kappa shape index (κ3) is 21.1. The first-order valence-corrected chi connectivity index (χ1v) is 39.6. The van der Waals surface area contributed by atoms with Crippen molar-refractivity contribution < 1.29 is 90.6 Å². The molecular weight excluding hydrogens is 1520 g/mol. The lowest BCUT2D eigenvalue weighted by atomic mass is 9.85. The summed E-state index contributed by atoms with van der Waals surface area (Å²) >= 11 is 7.92. The van der Waals surface area contributed by atoms with E-state index in [1.54, 1.807) is 70.6 Å². The lowest BCUT2D eigenvalue weighted by molar-refractivity contribution is -0.156. The molecule has 2 saturated heterocycles. The number of amides is 9. The molecule has 114 heavy (non-hydrogen) atoms. The van der Waals surface area contributed by atoms with Crippen LogP contribution in [0.4, 0.5) is 11.4 Å². The number of benzene rings is 3. The molecule has 0 radical (unpaired) electrons. The number of imide groups is 3. The number of likely N-dealkylation sites (tertiary alicyclic amines) is 1. The number of ether oxygens (including phenoxy) is 9. The Morgan fingerprint density at radius 3 is 2.22 bits per heavy atom. The summed E-state index contributed by atoms with van der Waals surface area (Å²) in [6.45, 7) is 8.94. The van der Waals surface area contributed by atoms with Gasteiger partial charge in [-0.15, -0.1) is 26.6 Å². The number of unbranched alkanes of at least 4 members (excludes halogenated alkanes) is 2. The number of halogens is 1. The zero-order valence-electron chi connectivity index (χ0n) is 64.1. The Hall–Kier alpha value is -10.0. The van der Waals surface area contributed by atoms with Gasteiger partial charge in [0.1, 0.15) is 60.3 Å². The van der Waals surface area contributed by atoms with Crippen LogP contribution in [-0.4, -0.2) is 247 Å². The van der Waals surface area contributed by atoms with Crippen molar-refractivity contribution in [2.75, 3.05) is 136 Å². The second-order valence-corrected chi connectivity index (χ2v) is 29.9. The van der Waals surface area contributed by atoms with Gasteiger partial charge in [-0.1, -0.05) is 53.6 Å². The number of thiophene rings is 1. The molecular formula is C79H95ClN14O19S. The van der Waals surface area contributed by atoms with Crippen LogP contribution in [0.15, 0.2) is 90.1 Å². The molecule has 2 aliphatic carbocycles. The number of methoxy groups -OCH3 is 1. The molecule has 3 aromatic carbocycles. The number of esters is 1. The predicted molar refractivity (Wildman–Crippen MR) is 413 cm³/mol. The molecule has 9 amide bonds. The summed E-state index contributed by atoms with van der Waals surface area (Å²) < 4.78 is 54.9. The van der Waals surface area contributed by atoms with E-state index in [0.29, 0.717) is 85.0 Å². The average molecular weight is 1610 g/mol. The highest BCUT2D eigenvalue weighted by atomic mass is 35.5. The molecule has 3 aromatic heterocycles. The number of allylic oxidation sites excluding steroid dienone is 2. The van der Waals surface area contributed by atoms with E-state index in [1.807, 2.05) is 35.8 Å². The minimum Gasteiger partial charge on any atom is -0.491 e. The van der Waals surface area contributed by atoms with Gasteiger partial charge in [0.05, 0.1) is 127 Å². The van der Waals surface area contributed by atoms with Crippen LogP contribution in [0.1, 0.15) is 123 Å². The number of hydrogen-bond acceptors (Lipinski definition) is 26. The standard InChI is InChI=1S/C79H95ClN14O19S/c1-48-49(2)114-79-68(48)72(51-14-16-54(80)17-15-51)84-61(73-88-86-50(3)93(73)79)42-65(97)83-55-18-20-57(21-19-55)111-39-37-108-38-40-112-58(45-109-31-26-81-60-10-8-9-59-71(60)78(104)94(75(59)101)62-22-23-64(96)85-74(62)100)46-113-67(99)47-110-36-35-107-34-33-106-32-29-91-44-56(87-89-91)43-90(28-24-63(95)82-25-30-105-4)66(98)11-6-5-7-27-92-76(102)69-52-12-13-53(41-52)70(69)77(92)103/h8-10,12-21,44,52-53,58,61-62,69-70,81H,5-7,11,22-43,45-47H2,1-4H3,(H,82,95)(H,83,97)(H,85,96,100)/t52-,53+,58-,61?,62?,69+,70-/m0/s1. The normalized spacial score (nSPS) is 18.8. The first kappa shape index (κ1) is 83.4. The van der Waals surface area contributed by atoms with Gasteiger partial charge in [-0.3, -0.25) is 67.8 Å². The molecule has 6 aliphatic rings. The van der Waals surface area contributed by atoms with E-state index in [9.17, 15) is 47.9 Å². The molecule has 3 fully saturated rings. The number of fused-ring (bicyclic) bond motifs is 9. The molecule has 2 unspecified atom stereocenters. The lowest BCUT2D eigenvalue weighted by Crippen LogP contribution is -2.54. The van der Waals surface area contributed by atoms with Crippen LogP contribution in [0.2, 0.25) is 5.02 Å². The number of piperidine rings is 1. The Labute approximate surface area is 667 Å². The van der Waals surface area contributed by atoms with Gasteiger partial charge in [0.15, 0.2) is 5.82 Å². The Morgan fingerprint density at radius 2 is 1.46 bits per heavy atom. The largest absolute Gasteiger partial charge is 0.491 e. The van der Waals surface area contributed by atoms with Crippen molar-refractivity contribution in [1.82, 2.24) is 55.1 Å². The van der Waals surface area contributed by atoms with Gasteiger partial charge < -0.3 is 63.5 Å². The fourth-order valence-electron chi connectivity index (χ4n) is 14.7. The van der Waals surface area contributed by atoms with Crippen molar-refractivity contribution in [2.24, 2.45) is 28.7 Å². The van der Waals surface area contributed by atoms with E-state index < -0.39 is 47.8 Å².